The number of aryl methyl sites for hydroxylation is 3. The third-order valence-electron chi connectivity index (χ3n) is 7.57. The van der Waals surface area contributed by atoms with E-state index >= 15 is 0 Å². The summed E-state index contributed by atoms with van der Waals surface area (Å²) in [5, 5.41) is 7.23. The van der Waals surface area contributed by atoms with E-state index in [4.69, 9.17) is 9.47 Å². The van der Waals surface area contributed by atoms with E-state index in [0.717, 1.165) is 16.7 Å². The molecule has 10 nitrogen and oxygen atoms in total. The second-order valence-electron chi connectivity index (χ2n) is 10.8. The first-order valence-corrected chi connectivity index (χ1v) is 14.1. The Balaban J connectivity index is 1.31. The number of rotatable bonds is 3. The van der Waals surface area contributed by atoms with Crippen molar-refractivity contribution in [2.24, 2.45) is 7.05 Å². The van der Waals surface area contributed by atoms with E-state index in [9.17, 15) is 14.4 Å². The molecule has 2 aliphatic heterocycles. The van der Waals surface area contributed by atoms with E-state index in [-0.39, 0.29) is 36.8 Å². The summed E-state index contributed by atoms with van der Waals surface area (Å²) in [6.45, 7) is 1.16. The van der Waals surface area contributed by atoms with Crippen LogP contribution in [-0.4, -0.2) is 76.1 Å². The topological polar surface area (TPSA) is 106 Å². The molecular weight excluding hydrogens is 522 g/mol. The molecule has 41 heavy (non-hydrogen) atoms. The highest BCUT2D eigenvalue weighted by Gasteiger charge is 2.33. The number of amides is 3. The first-order valence-electron chi connectivity index (χ1n) is 14.1. The number of ether oxygens (including phenoxy) is 2. The van der Waals surface area contributed by atoms with Crippen molar-refractivity contribution in [3.63, 3.8) is 0 Å². The summed E-state index contributed by atoms with van der Waals surface area (Å²) in [7, 11) is 3.49. The molecule has 2 aliphatic rings. The molecule has 1 saturated heterocycles. The minimum atomic E-state index is -0.403. The molecule has 4 bridgehead atoms. The van der Waals surface area contributed by atoms with Gasteiger partial charge in [-0.25, -0.2) is 0 Å². The third-order valence-corrected chi connectivity index (χ3v) is 7.57. The molecule has 0 saturated carbocycles. The number of nitrogens with zero attached hydrogens (tertiary/aromatic N) is 4. The van der Waals surface area contributed by atoms with Gasteiger partial charge in [0.15, 0.2) is 0 Å². The molecule has 3 amide bonds. The van der Waals surface area contributed by atoms with Gasteiger partial charge < -0.3 is 24.6 Å². The zero-order valence-corrected chi connectivity index (χ0v) is 23.6. The predicted molar refractivity (Wildman–Crippen MR) is 152 cm³/mol. The van der Waals surface area contributed by atoms with E-state index < -0.39 is 6.04 Å². The number of nitrogens with one attached hydrogen (secondary N) is 1. The van der Waals surface area contributed by atoms with Crippen molar-refractivity contribution in [3.8, 4) is 11.5 Å². The van der Waals surface area contributed by atoms with Crippen LogP contribution in [0.25, 0.3) is 0 Å². The largest absolute Gasteiger partial charge is 0.457 e. The van der Waals surface area contributed by atoms with Crippen molar-refractivity contribution in [2.75, 3.05) is 26.7 Å². The Morgan fingerprint density at radius 2 is 1.80 bits per heavy atom. The van der Waals surface area contributed by atoms with Crippen molar-refractivity contribution in [3.05, 3.63) is 77.6 Å². The molecule has 0 spiro atoms. The standard InChI is InChI=1S/C31H37N5O5/c1-34-20-29(37)33-27-19-36(31(39)12-10-24-17-32-35(2)18-24)14-13-28(27)40-21-23-6-4-8-26(16-23)41-25-7-3-5-22(15-25)9-11-30(34)38/h3-8,15-18,27-28H,9-14,19-21H2,1-2H3,(H,33,37)/t27-,28+/m0/s1. The number of carbonyl (C=O) groups excluding carboxylic acids is 3. The number of piperidine rings is 1. The first kappa shape index (κ1) is 28.4. The van der Waals surface area contributed by atoms with Gasteiger partial charge in [0, 0.05) is 46.2 Å². The monoisotopic (exact) mass is 559 g/mol. The van der Waals surface area contributed by atoms with Gasteiger partial charge in [0.2, 0.25) is 17.7 Å². The Bertz CT molecular complexity index is 1390. The molecule has 0 aliphatic carbocycles. The number of benzene rings is 2. The van der Waals surface area contributed by atoms with Gasteiger partial charge in [-0.2, -0.15) is 5.10 Å². The fourth-order valence-electron chi connectivity index (χ4n) is 5.31. The number of aromatic nitrogens is 2. The lowest BCUT2D eigenvalue weighted by Crippen LogP contribution is -2.58. The van der Waals surface area contributed by atoms with Gasteiger partial charge >= 0.3 is 0 Å². The molecule has 3 aromatic rings. The summed E-state index contributed by atoms with van der Waals surface area (Å²) in [6.07, 6.45) is 5.76. The molecule has 10 heteroatoms. The van der Waals surface area contributed by atoms with Crippen LogP contribution in [0.15, 0.2) is 60.9 Å². The van der Waals surface area contributed by atoms with Crippen LogP contribution in [0.2, 0.25) is 0 Å². The Morgan fingerprint density at radius 3 is 2.56 bits per heavy atom. The van der Waals surface area contributed by atoms with Gasteiger partial charge in [-0.15, -0.1) is 0 Å². The average molecular weight is 560 g/mol. The molecule has 216 valence electrons. The number of likely N-dealkylation sites (tertiary alicyclic amines) is 1. The van der Waals surface area contributed by atoms with Crippen LogP contribution in [0.5, 0.6) is 11.5 Å². The zero-order valence-electron chi connectivity index (χ0n) is 23.6. The van der Waals surface area contributed by atoms with Gasteiger partial charge in [-0.05, 0) is 60.2 Å². The molecule has 3 heterocycles. The first-order chi connectivity index (χ1) is 19.8. The number of hydrogen-bond donors (Lipinski definition) is 1. The Morgan fingerprint density at radius 1 is 1.05 bits per heavy atom. The van der Waals surface area contributed by atoms with Gasteiger partial charge in [-0.3, -0.25) is 19.1 Å². The lowest BCUT2D eigenvalue weighted by Gasteiger charge is -2.39. The van der Waals surface area contributed by atoms with Crippen LogP contribution in [0.1, 0.15) is 36.0 Å². The molecule has 5 rings (SSSR count). The fraction of sp³-hybridized carbons (Fsp3) is 0.419. The minimum Gasteiger partial charge on any atom is -0.457 e. The predicted octanol–water partition coefficient (Wildman–Crippen LogP) is 2.85. The van der Waals surface area contributed by atoms with Crippen LogP contribution in [0.3, 0.4) is 0 Å². The second-order valence-corrected chi connectivity index (χ2v) is 10.8. The van der Waals surface area contributed by atoms with Crippen LogP contribution in [0.4, 0.5) is 0 Å². The maximum absolute atomic E-state index is 13.1. The van der Waals surface area contributed by atoms with Crippen molar-refractivity contribution in [1.82, 2.24) is 24.9 Å². The Kier molecular flexibility index (Phi) is 8.98. The summed E-state index contributed by atoms with van der Waals surface area (Å²) >= 11 is 0. The molecular formula is C31H37N5O5. The number of fused-ring (bicyclic) bond motifs is 5. The van der Waals surface area contributed by atoms with Gasteiger partial charge in [0.05, 0.1) is 31.5 Å². The molecule has 0 unspecified atom stereocenters. The Hall–Kier alpha value is -4.18. The molecule has 1 N–H and O–H groups in total. The van der Waals surface area contributed by atoms with Gasteiger partial charge in [-0.1, -0.05) is 24.3 Å². The van der Waals surface area contributed by atoms with Crippen molar-refractivity contribution < 1.29 is 23.9 Å². The van der Waals surface area contributed by atoms with Crippen molar-refractivity contribution in [2.45, 2.75) is 50.9 Å². The van der Waals surface area contributed by atoms with E-state index in [1.165, 1.54) is 4.90 Å². The summed E-state index contributed by atoms with van der Waals surface area (Å²) in [5.74, 6) is 1.02. The number of likely N-dealkylation sites (N-methyl/N-ethyl adjacent to an activating group) is 1. The van der Waals surface area contributed by atoms with Crippen LogP contribution in [0, 0.1) is 0 Å². The highest BCUT2D eigenvalue weighted by molar-refractivity contribution is 5.85. The van der Waals surface area contributed by atoms with Crippen LogP contribution < -0.4 is 10.1 Å². The lowest BCUT2D eigenvalue weighted by atomic mass is 10.0. The second kappa shape index (κ2) is 13.0. The maximum atomic E-state index is 13.1. The summed E-state index contributed by atoms with van der Waals surface area (Å²) in [4.78, 5) is 42.2. The summed E-state index contributed by atoms with van der Waals surface area (Å²) in [6, 6.07) is 15.0. The highest BCUT2D eigenvalue weighted by Crippen LogP contribution is 2.25. The van der Waals surface area contributed by atoms with E-state index in [1.54, 1.807) is 22.8 Å². The van der Waals surface area contributed by atoms with Crippen LogP contribution >= 0.6 is 0 Å². The molecule has 1 fully saturated rings. The zero-order chi connectivity index (χ0) is 28.8. The van der Waals surface area contributed by atoms with Crippen LogP contribution in [-0.2, 0) is 45.6 Å². The smallest absolute Gasteiger partial charge is 0.239 e. The third kappa shape index (κ3) is 7.73. The quantitative estimate of drug-likeness (QED) is 0.529. The van der Waals surface area contributed by atoms with Gasteiger partial charge in [0.25, 0.3) is 0 Å². The van der Waals surface area contributed by atoms with E-state index in [1.807, 2.05) is 61.8 Å². The maximum Gasteiger partial charge on any atom is 0.239 e. The minimum absolute atomic E-state index is 0.0290. The van der Waals surface area contributed by atoms with Crippen molar-refractivity contribution >= 4 is 17.7 Å². The normalized spacial score (nSPS) is 20.3. The Labute approximate surface area is 240 Å². The molecule has 2 aromatic carbocycles. The highest BCUT2D eigenvalue weighted by atomic mass is 16.5. The molecule has 2 atom stereocenters. The summed E-state index contributed by atoms with van der Waals surface area (Å²) < 4.78 is 14.2. The molecule has 1 aromatic heterocycles. The lowest BCUT2D eigenvalue weighted by molar-refractivity contribution is -0.138. The summed E-state index contributed by atoms with van der Waals surface area (Å²) in [5.41, 5.74) is 2.94. The SMILES string of the molecule is CN1CC(=O)N[C@H]2CN(C(=O)CCc3cnn(C)c3)CC[C@H]2OCc2cccc(c2)Oc2cccc(c2)CCC1=O. The molecule has 0 radical (unpaired) electrons. The van der Waals surface area contributed by atoms with E-state index in [2.05, 4.69) is 10.4 Å². The number of hydrogen-bond acceptors (Lipinski definition) is 6. The van der Waals surface area contributed by atoms with Crippen molar-refractivity contribution in [1.29, 1.82) is 0 Å². The fourth-order valence-corrected chi connectivity index (χ4v) is 5.31. The van der Waals surface area contributed by atoms with E-state index in [0.29, 0.717) is 56.9 Å². The number of carbonyl (C=O) groups is 3. The van der Waals surface area contributed by atoms with Gasteiger partial charge in [0.1, 0.15) is 11.5 Å². The average Bonchev–Trinajstić information content (AvgIpc) is 3.38.